The molecule has 0 saturated carbocycles. The van der Waals surface area contributed by atoms with Crippen LogP contribution < -0.4 is 26.0 Å². The van der Waals surface area contributed by atoms with Crippen LogP contribution in [0, 0.1) is 5.92 Å². The van der Waals surface area contributed by atoms with Crippen LogP contribution in [0.2, 0.25) is 0 Å². The van der Waals surface area contributed by atoms with E-state index in [9.17, 15) is 33.6 Å². The Kier molecular flexibility index (Phi) is 19.6. The molecule has 1 aliphatic heterocycles. The number of carbonyl (C=O) groups is 7. The van der Waals surface area contributed by atoms with Crippen LogP contribution >= 0.6 is 0 Å². The third-order valence-electron chi connectivity index (χ3n) is 10.5. The number of hydrogen-bond acceptors (Lipinski definition) is 11. The molecule has 63 heavy (non-hydrogen) atoms. The monoisotopic (exact) mass is 869 g/mol. The lowest BCUT2D eigenvalue weighted by Gasteiger charge is -2.27. The summed E-state index contributed by atoms with van der Waals surface area (Å²) in [7, 11) is 0. The molecule has 0 aliphatic carbocycles. The maximum atomic E-state index is 14.0. The van der Waals surface area contributed by atoms with Crippen molar-refractivity contribution >= 4 is 41.7 Å². The Bertz CT molecular complexity index is 2010. The lowest BCUT2D eigenvalue weighted by Crippen LogP contribution is -2.58. The van der Waals surface area contributed by atoms with Crippen molar-refractivity contribution in [1.29, 1.82) is 0 Å². The van der Waals surface area contributed by atoms with Crippen molar-refractivity contribution in [2.24, 2.45) is 5.92 Å². The molecule has 0 bridgehead atoms. The third-order valence-corrected chi connectivity index (χ3v) is 10.5. The third kappa shape index (κ3) is 16.8. The second-order valence-electron chi connectivity index (χ2n) is 16.6. The Morgan fingerprint density at radius 3 is 2.03 bits per heavy atom. The minimum absolute atomic E-state index is 0.0844. The fourth-order valence-corrected chi connectivity index (χ4v) is 6.95. The summed E-state index contributed by atoms with van der Waals surface area (Å²) in [4.78, 5) is 94.1. The number of esters is 1. The number of ketones is 1. The van der Waals surface area contributed by atoms with E-state index in [2.05, 4.69) is 21.3 Å². The van der Waals surface area contributed by atoms with Gasteiger partial charge in [-0.2, -0.15) is 0 Å². The molecule has 3 aromatic carbocycles. The molecular weight excluding hydrogens is 807 g/mol. The summed E-state index contributed by atoms with van der Waals surface area (Å²) in [5.74, 6) is -2.82. The number of hydrogen-bond donors (Lipinski definition) is 4. The molecule has 0 unspecified atom stereocenters. The molecule has 1 fully saturated rings. The summed E-state index contributed by atoms with van der Waals surface area (Å²) in [6, 6.07) is 19.4. The topological polar surface area (TPSA) is 202 Å². The van der Waals surface area contributed by atoms with Gasteiger partial charge < -0.3 is 35.5 Å². The van der Waals surface area contributed by atoms with Crippen molar-refractivity contribution in [3.63, 3.8) is 0 Å². The first-order valence-electron chi connectivity index (χ1n) is 21.6. The first-order valence-corrected chi connectivity index (χ1v) is 21.6. The second-order valence-corrected chi connectivity index (χ2v) is 16.6. The van der Waals surface area contributed by atoms with Crippen molar-refractivity contribution < 1.29 is 47.8 Å². The molecule has 340 valence electrons. The maximum Gasteiger partial charge on any atom is 0.308 e. The second kappa shape index (κ2) is 24.8. The number of carbonyl (C=O) groups excluding carboxylic acids is 7. The highest BCUT2D eigenvalue weighted by molar-refractivity contribution is 5.98. The summed E-state index contributed by atoms with van der Waals surface area (Å²) in [6.07, 6.45) is 2.56. The molecule has 15 nitrogen and oxygen atoms in total. The molecule has 4 amide bonds. The van der Waals surface area contributed by atoms with Crippen molar-refractivity contribution in [2.75, 3.05) is 32.9 Å². The molecule has 5 atom stereocenters. The fraction of sp³-hybridized carbons (Fsp3) is 0.479. The van der Waals surface area contributed by atoms with Gasteiger partial charge in [0.05, 0.1) is 31.4 Å². The number of Topliss-reactive ketones (excluding diaryl/α,β-unsaturated/α-hetero) is 1. The van der Waals surface area contributed by atoms with Crippen LogP contribution in [0.1, 0.15) is 87.9 Å². The van der Waals surface area contributed by atoms with E-state index in [0.717, 1.165) is 17.5 Å². The van der Waals surface area contributed by atoms with Gasteiger partial charge in [-0.05, 0) is 74.3 Å². The summed E-state index contributed by atoms with van der Waals surface area (Å²) < 4.78 is 16.3. The number of ether oxygens (including phenoxy) is 3. The SMILES string of the molecule is CCCOCCN(CC(=O)N[C@@H](CCc1ccccc1)C(=O)N[C@@H](C)C(=O)N[C@@H](Cc1ccccc1)C(=O)N[C@@H](CC(C)C)C(=O)[C@@]1(C)CO1)Cc1ccc(OC(C)=O)c(C=O)c1. The van der Waals surface area contributed by atoms with E-state index >= 15 is 0 Å². The van der Waals surface area contributed by atoms with E-state index in [1.807, 2.05) is 86.3 Å². The quantitative estimate of drug-likeness (QED) is 0.0285. The molecule has 0 aromatic heterocycles. The number of epoxide rings is 1. The lowest BCUT2D eigenvalue weighted by atomic mass is 9.93. The molecule has 1 aliphatic rings. The van der Waals surface area contributed by atoms with Gasteiger partial charge >= 0.3 is 5.97 Å². The van der Waals surface area contributed by atoms with E-state index in [1.54, 1.807) is 19.1 Å². The summed E-state index contributed by atoms with van der Waals surface area (Å²) >= 11 is 0. The molecule has 0 spiro atoms. The zero-order valence-corrected chi connectivity index (χ0v) is 37.3. The van der Waals surface area contributed by atoms with Crippen LogP contribution in [-0.2, 0) is 57.6 Å². The highest BCUT2D eigenvalue weighted by Gasteiger charge is 2.50. The molecule has 0 radical (unpaired) electrons. The average molecular weight is 870 g/mol. The average Bonchev–Trinajstić information content (AvgIpc) is 4.01. The largest absolute Gasteiger partial charge is 0.426 e. The van der Waals surface area contributed by atoms with Crippen molar-refractivity contribution in [1.82, 2.24) is 26.2 Å². The van der Waals surface area contributed by atoms with Crippen LogP contribution in [0.3, 0.4) is 0 Å². The van der Waals surface area contributed by atoms with E-state index in [-0.39, 0.29) is 55.6 Å². The zero-order chi connectivity index (χ0) is 45.9. The number of aryl methyl sites for hydroxylation is 1. The molecule has 4 rings (SSSR count). The van der Waals surface area contributed by atoms with Gasteiger partial charge in [-0.3, -0.25) is 38.5 Å². The predicted octanol–water partition coefficient (Wildman–Crippen LogP) is 3.89. The van der Waals surface area contributed by atoms with E-state index in [1.165, 1.54) is 19.9 Å². The molecule has 15 heteroatoms. The van der Waals surface area contributed by atoms with Gasteiger partial charge in [0, 0.05) is 33.0 Å². The van der Waals surface area contributed by atoms with Crippen molar-refractivity contribution in [3.8, 4) is 5.75 Å². The Labute approximate surface area is 370 Å². The fourth-order valence-electron chi connectivity index (χ4n) is 6.95. The summed E-state index contributed by atoms with van der Waals surface area (Å²) in [5.41, 5.74) is 1.62. The standard InChI is InChI=1S/C48H63N5O10/c1-7-23-61-24-22-53(28-37-19-21-42(63-34(5)55)38(26-37)30-54)29-43(56)50-39(20-18-35-14-10-8-11-15-35)46(59)49-33(4)45(58)52-41(27-36-16-12-9-13-17-36)47(60)51-40(25-32(2)3)44(57)48(6)31-62-48/h8-17,19,21,26,30,32-33,39-41H,7,18,20,22-25,27-29,31H2,1-6H3,(H,49,59)(H,50,56)(H,51,60)(H,52,58)/t33-,39-,40-,41-,48+/m0/s1. The minimum atomic E-state index is -1.12. The smallest absolute Gasteiger partial charge is 0.308 e. The lowest BCUT2D eigenvalue weighted by molar-refractivity contribution is -0.135. The Balaban J connectivity index is 1.49. The number of nitrogens with zero attached hydrogens (tertiary/aromatic N) is 1. The minimum Gasteiger partial charge on any atom is -0.426 e. The van der Waals surface area contributed by atoms with Crippen LogP contribution in [0.25, 0.3) is 0 Å². The number of benzene rings is 3. The first-order chi connectivity index (χ1) is 30.1. The molecule has 3 aromatic rings. The molecule has 1 heterocycles. The van der Waals surface area contributed by atoms with Gasteiger partial charge in [0.2, 0.25) is 23.6 Å². The van der Waals surface area contributed by atoms with E-state index < -0.39 is 59.4 Å². The Morgan fingerprint density at radius 2 is 1.43 bits per heavy atom. The maximum absolute atomic E-state index is 14.0. The van der Waals surface area contributed by atoms with Gasteiger partial charge in [-0.15, -0.1) is 0 Å². The normalized spacial score (nSPS) is 16.3. The van der Waals surface area contributed by atoms with Gasteiger partial charge in [-0.1, -0.05) is 87.5 Å². The van der Waals surface area contributed by atoms with Gasteiger partial charge in [0.1, 0.15) is 29.5 Å². The van der Waals surface area contributed by atoms with Gasteiger partial charge in [0.15, 0.2) is 12.1 Å². The zero-order valence-electron chi connectivity index (χ0n) is 37.3. The first kappa shape index (κ1) is 49.9. The van der Waals surface area contributed by atoms with Crippen LogP contribution in [0.15, 0.2) is 78.9 Å². The van der Waals surface area contributed by atoms with Crippen molar-refractivity contribution in [2.45, 2.75) is 110 Å². The molecular formula is C48H63N5O10. The van der Waals surface area contributed by atoms with Crippen LogP contribution in [0.5, 0.6) is 5.75 Å². The number of nitrogens with one attached hydrogen (secondary N) is 4. The number of aldehydes is 1. The molecule has 1 saturated heterocycles. The van der Waals surface area contributed by atoms with Crippen molar-refractivity contribution in [3.05, 3.63) is 101 Å². The van der Waals surface area contributed by atoms with Gasteiger partial charge in [-0.25, -0.2) is 0 Å². The highest BCUT2D eigenvalue weighted by Crippen LogP contribution is 2.30. The Morgan fingerprint density at radius 1 is 0.794 bits per heavy atom. The molecule has 4 N–H and O–H groups in total. The van der Waals surface area contributed by atoms with E-state index in [4.69, 9.17) is 14.2 Å². The van der Waals surface area contributed by atoms with Crippen LogP contribution in [-0.4, -0.2) is 109 Å². The van der Waals surface area contributed by atoms with E-state index in [0.29, 0.717) is 44.4 Å². The predicted molar refractivity (Wildman–Crippen MR) is 237 cm³/mol. The highest BCUT2D eigenvalue weighted by atomic mass is 16.6. The summed E-state index contributed by atoms with van der Waals surface area (Å²) in [6.45, 7) is 11.9. The number of rotatable bonds is 27. The summed E-state index contributed by atoms with van der Waals surface area (Å²) in [5, 5.41) is 11.3. The van der Waals surface area contributed by atoms with Gasteiger partial charge in [0.25, 0.3) is 0 Å². The number of amides is 4. The van der Waals surface area contributed by atoms with Crippen LogP contribution in [0.4, 0.5) is 0 Å². The Hall–Kier alpha value is -5.77.